The van der Waals surface area contributed by atoms with Gasteiger partial charge in [0.2, 0.25) is 0 Å². The second-order valence-corrected chi connectivity index (χ2v) is 7.81. The first-order chi connectivity index (χ1) is 15.8. The minimum absolute atomic E-state index is 0.221. The number of carbonyl (C=O) groups is 1. The van der Waals surface area contributed by atoms with E-state index in [1.165, 1.54) is 23.0 Å². The average Bonchev–Trinajstić information content (AvgIpc) is 3.38. The fraction of sp³-hybridized carbons (Fsp3) is 0.227. The summed E-state index contributed by atoms with van der Waals surface area (Å²) in [6, 6.07) is 12.3. The van der Waals surface area contributed by atoms with Crippen LogP contribution < -0.4 is 5.32 Å². The number of benzene rings is 2. The molecule has 0 atom stereocenters. The molecule has 0 saturated heterocycles. The lowest BCUT2D eigenvalue weighted by Crippen LogP contribution is -2.13. The fourth-order valence-electron chi connectivity index (χ4n) is 3.56. The molecule has 1 N–H and O–H groups in total. The normalized spacial score (nSPS) is 13.8. The lowest BCUT2D eigenvalue weighted by Gasteiger charge is -2.10. The van der Waals surface area contributed by atoms with Crippen molar-refractivity contribution in [3.8, 4) is 17.1 Å². The summed E-state index contributed by atoms with van der Waals surface area (Å²) >= 11 is 0. The lowest BCUT2D eigenvalue weighted by molar-refractivity contribution is -0.137. The van der Waals surface area contributed by atoms with Crippen LogP contribution in [0.3, 0.4) is 0 Å². The number of rotatable bonds is 5. The number of nitrogens with zero attached hydrogens (tertiary/aromatic N) is 6. The number of alkyl halides is 3. The second-order valence-electron chi connectivity index (χ2n) is 7.81. The van der Waals surface area contributed by atoms with Crippen LogP contribution in [-0.2, 0) is 6.18 Å². The maximum absolute atomic E-state index is 13.0. The molecule has 4 aromatic rings. The molecule has 1 amide bonds. The van der Waals surface area contributed by atoms with Gasteiger partial charge >= 0.3 is 6.18 Å². The number of tetrazole rings is 1. The van der Waals surface area contributed by atoms with Gasteiger partial charge in [-0.25, -0.2) is 9.36 Å². The van der Waals surface area contributed by atoms with Crippen molar-refractivity contribution in [1.82, 2.24) is 30.0 Å². The van der Waals surface area contributed by atoms with E-state index in [0.29, 0.717) is 23.2 Å². The standard InChI is InChI=1S/C22H18F3N7O/c1-13-19(12-26-31(13)18-4-2-3-15(11-18)22(23,24)25)21(33)27-16-7-5-14(6-8-16)20-28-29-30-32(20)17-9-10-17/h2-8,11-12,17H,9-10H2,1H3,(H,27,33). The fourth-order valence-corrected chi connectivity index (χ4v) is 3.56. The van der Waals surface area contributed by atoms with Crippen LogP contribution in [-0.4, -0.2) is 35.9 Å². The van der Waals surface area contributed by atoms with E-state index >= 15 is 0 Å². The number of hydrogen-bond donors (Lipinski definition) is 1. The van der Waals surface area contributed by atoms with E-state index in [9.17, 15) is 18.0 Å². The maximum Gasteiger partial charge on any atom is 0.416 e. The highest BCUT2D eigenvalue weighted by molar-refractivity contribution is 6.05. The van der Waals surface area contributed by atoms with Crippen LogP contribution >= 0.6 is 0 Å². The number of hydrogen-bond acceptors (Lipinski definition) is 5. The lowest BCUT2D eigenvalue weighted by atomic mass is 10.1. The number of carbonyl (C=O) groups excluding carboxylic acids is 1. The van der Waals surface area contributed by atoms with E-state index in [-0.39, 0.29) is 11.3 Å². The molecule has 168 valence electrons. The van der Waals surface area contributed by atoms with Gasteiger partial charge in [0.1, 0.15) is 0 Å². The molecule has 1 aliphatic carbocycles. The Morgan fingerprint density at radius 1 is 1.12 bits per heavy atom. The number of halogens is 3. The first-order valence-electron chi connectivity index (χ1n) is 10.2. The molecule has 1 aliphatic rings. The maximum atomic E-state index is 13.0. The highest BCUT2D eigenvalue weighted by atomic mass is 19.4. The zero-order valence-electron chi connectivity index (χ0n) is 17.4. The average molecular weight is 453 g/mol. The van der Waals surface area contributed by atoms with Crippen molar-refractivity contribution in [2.45, 2.75) is 32.0 Å². The number of nitrogens with one attached hydrogen (secondary N) is 1. The minimum Gasteiger partial charge on any atom is -0.322 e. The molecule has 2 aromatic carbocycles. The summed E-state index contributed by atoms with van der Waals surface area (Å²) in [5.41, 5.74) is 1.51. The van der Waals surface area contributed by atoms with Crippen molar-refractivity contribution in [3.05, 3.63) is 71.5 Å². The van der Waals surface area contributed by atoms with Gasteiger partial charge < -0.3 is 5.32 Å². The number of aromatic nitrogens is 6. The highest BCUT2D eigenvalue weighted by Crippen LogP contribution is 2.36. The van der Waals surface area contributed by atoms with E-state index in [1.54, 1.807) is 23.7 Å². The molecular weight excluding hydrogens is 435 g/mol. The van der Waals surface area contributed by atoms with Gasteiger partial charge in [-0.15, -0.1) is 5.10 Å². The monoisotopic (exact) mass is 453 g/mol. The Morgan fingerprint density at radius 2 is 1.88 bits per heavy atom. The number of anilines is 1. The van der Waals surface area contributed by atoms with Crippen molar-refractivity contribution < 1.29 is 18.0 Å². The van der Waals surface area contributed by atoms with Gasteiger partial charge in [-0.2, -0.15) is 18.3 Å². The van der Waals surface area contributed by atoms with E-state index in [2.05, 4.69) is 25.9 Å². The Morgan fingerprint density at radius 3 is 2.58 bits per heavy atom. The number of amides is 1. The summed E-state index contributed by atoms with van der Waals surface area (Å²) in [7, 11) is 0. The van der Waals surface area contributed by atoms with Gasteiger partial charge in [-0.1, -0.05) is 6.07 Å². The summed E-state index contributed by atoms with van der Waals surface area (Å²) in [6.45, 7) is 1.63. The van der Waals surface area contributed by atoms with Crippen LogP contribution in [0, 0.1) is 6.92 Å². The molecule has 0 aliphatic heterocycles. The molecule has 2 heterocycles. The molecule has 0 unspecified atom stereocenters. The zero-order valence-corrected chi connectivity index (χ0v) is 17.4. The first kappa shape index (κ1) is 20.9. The van der Waals surface area contributed by atoms with Crippen molar-refractivity contribution >= 4 is 11.6 Å². The molecule has 0 bridgehead atoms. The Hall–Kier alpha value is -4.02. The molecule has 0 spiro atoms. The summed E-state index contributed by atoms with van der Waals surface area (Å²) in [6.07, 6.45) is -1.02. The Bertz CT molecular complexity index is 1320. The molecule has 2 aromatic heterocycles. The second kappa shape index (κ2) is 7.84. The quantitative estimate of drug-likeness (QED) is 0.483. The third-order valence-electron chi connectivity index (χ3n) is 5.46. The molecule has 0 radical (unpaired) electrons. The highest BCUT2D eigenvalue weighted by Gasteiger charge is 2.31. The van der Waals surface area contributed by atoms with E-state index < -0.39 is 17.6 Å². The third-order valence-corrected chi connectivity index (χ3v) is 5.46. The van der Waals surface area contributed by atoms with E-state index in [1.807, 2.05) is 12.1 Å². The Labute approximate surface area is 186 Å². The van der Waals surface area contributed by atoms with Crippen LogP contribution in [0.25, 0.3) is 17.1 Å². The zero-order chi connectivity index (χ0) is 23.2. The summed E-state index contributed by atoms with van der Waals surface area (Å²) in [5.74, 6) is 0.259. The van der Waals surface area contributed by atoms with E-state index in [4.69, 9.17) is 0 Å². The Kier molecular flexibility index (Phi) is 4.95. The van der Waals surface area contributed by atoms with Gasteiger partial charge in [-0.05, 0) is 72.7 Å². The third kappa shape index (κ3) is 4.09. The molecule has 33 heavy (non-hydrogen) atoms. The van der Waals surface area contributed by atoms with Gasteiger partial charge in [0, 0.05) is 11.3 Å². The molecule has 11 heteroatoms. The largest absolute Gasteiger partial charge is 0.416 e. The van der Waals surface area contributed by atoms with Crippen LogP contribution in [0.1, 0.15) is 40.5 Å². The van der Waals surface area contributed by atoms with Gasteiger partial charge in [-0.3, -0.25) is 4.79 Å². The smallest absolute Gasteiger partial charge is 0.322 e. The van der Waals surface area contributed by atoms with Crippen molar-refractivity contribution in [3.63, 3.8) is 0 Å². The van der Waals surface area contributed by atoms with Crippen molar-refractivity contribution in [1.29, 1.82) is 0 Å². The molecule has 1 fully saturated rings. The van der Waals surface area contributed by atoms with Crippen LogP contribution in [0.2, 0.25) is 0 Å². The van der Waals surface area contributed by atoms with Crippen molar-refractivity contribution in [2.75, 3.05) is 5.32 Å². The summed E-state index contributed by atoms with van der Waals surface area (Å²) in [4.78, 5) is 12.8. The topological polar surface area (TPSA) is 90.5 Å². The Balaban J connectivity index is 1.34. The predicted molar refractivity (Wildman–Crippen MR) is 113 cm³/mol. The van der Waals surface area contributed by atoms with Crippen LogP contribution in [0.15, 0.2) is 54.7 Å². The minimum atomic E-state index is -4.47. The molecule has 5 rings (SSSR count). The van der Waals surface area contributed by atoms with Crippen LogP contribution in [0.5, 0.6) is 0 Å². The van der Waals surface area contributed by atoms with Crippen molar-refractivity contribution in [2.24, 2.45) is 0 Å². The first-order valence-corrected chi connectivity index (χ1v) is 10.2. The summed E-state index contributed by atoms with van der Waals surface area (Å²) < 4.78 is 42.2. The van der Waals surface area contributed by atoms with Gasteiger partial charge in [0.25, 0.3) is 5.91 Å². The summed E-state index contributed by atoms with van der Waals surface area (Å²) in [5, 5.41) is 18.8. The van der Waals surface area contributed by atoms with Crippen LogP contribution in [0.4, 0.5) is 18.9 Å². The van der Waals surface area contributed by atoms with Gasteiger partial charge in [0.15, 0.2) is 5.82 Å². The van der Waals surface area contributed by atoms with Gasteiger partial charge in [0.05, 0.1) is 34.7 Å². The SMILES string of the molecule is Cc1c(C(=O)Nc2ccc(-c3nnnn3C3CC3)cc2)cnn1-c1cccc(C(F)(F)F)c1. The molecule has 1 saturated carbocycles. The molecule has 8 nitrogen and oxygen atoms in total. The molecular formula is C22H18F3N7O. The van der Waals surface area contributed by atoms with E-state index in [0.717, 1.165) is 30.5 Å². The predicted octanol–water partition coefficient (Wildman–Crippen LogP) is 4.44.